The van der Waals surface area contributed by atoms with Crippen LogP contribution in [0, 0.1) is 11.7 Å². The third kappa shape index (κ3) is 3.52. The summed E-state index contributed by atoms with van der Waals surface area (Å²) in [7, 11) is 1.65. The van der Waals surface area contributed by atoms with Gasteiger partial charge in [0.1, 0.15) is 5.82 Å². The third-order valence-electron chi connectivity index (χ3n) is 2.61. The Morgan fingerprint density at radius 3 is 2.88 bits per heavy atom. The first-order valence-electron chi connectivity index (χ1n) is 5.24. The zero-order valence-corrected chi connectivity index (χ0v) is 9.61. The summed E-state index contributed by atoms with van der Waals surface area (Å²) < 4.78 is 18.0. The number of methoxy groups -OCH3 is 1. The largest absolute Gasteiger partial charge is 0.385 e. The highest BCUT2D eigenvalue weighted by atomic mass is 19.1. The van der Waals surface area contributed by atoms with Gasteiger partial charge in [0.05, 0.1) is 12.2 Å². The zero-order chi connectivity index (χ0) is 12.0. The number of nitrogens with two attached hydrogens (primary N) is 1. The molecule has 0 bridgehead atoms. The van der Waals surface area contributed by atoms with E-state index in [1.165, 1.54) is 12.3 Å². The maximum Gasteiger partial charge on any atom is 0.141 e. The lowest BCUT2D eigenvalue weighted by atomic mass is 9.94. The maximum atomic E-state index is 13.0. The number of hydrogen-bond donors (Lipinski definition) is 2. The number of halogens is 1. The van der Waals surface area contributed by atoms with Crippen LogP contribution in [-0.2, 0) is 4.74 Å². The van der Waals surface area contributed by atoms with Crippen LogP contribution in [0.4, 0.5) is 4.39 Å². The van der Waals surface area contributed by atoms with Gasteiger partial charge in [0, 0.05) is 19.9 Å². The molecule has 2 unspecified atom stereocenters. The average Bonchev–Trinajstić information content (AvgIpc) is 2.27. The summed E-state index contributed by atoms with van der Waals surface area (Å²) in [5, 5.41) is 0. The smallest absolute Gasteiger partial charge is 0.141 e. The van der Waals surface area contributed by atoms with Crippen molar-refractivity contribution in [3.8, 4) is 0 Å². The molecule has 0 aromatic carbocycles. The number of hydrogen-bond acceptors (Lipinski definition) is 4. The van der Waals surface area contributed by atoms with Crippen molar-refractivity contribution in [1.29, 1.82) is 0 Å². The molecule has 1 rings (SSSR count). The molecular weight excluding hydrogens is 209 g/mol. The SMILES string of the molecule is COCCC(C)C(NN)c1cncc(F)c1. The van der Waals surface area contributed by atoms with Gasteiger partial charge < -0.3 is 4.74 Å². The Labute approximate surface area is 95.0 Å². The Kier molecular flexibility index (Phi) is 5.31. The lowest BCUT2D eigenvalue weighted by Crippen LogP contribution is -2.33. The third-order valence-corrected chi connectivity index (χ3v) is 2.61. The van der Waals surface area contributed by atoms with Gasteiger partial charge in [-0.2, -0.15) is 0 Å². The van der Waals surface area contributed by atoms with E-state index in [-0.39, 0.29) is 17.8 Å². The summed E-state index contributed by atoms with van der Waals surface area (Å²) in [4.78, 5) is 3.81. The van der Waals surface area contributed by atoms with Crippen LogP contribution in [0.1, 0.15) is 24.9 Å². The van der Waals surface area contributed by atoms with Crippen LogP contribution in [0.15, 0.2) is 18.5 Å². The predicted octanol–water partition coefficient (Wildman–Crippen LogP) is 1.40. The van der Waals surface area contributed by atoms with Crippen LogP contribution in [0.3, 0.4) is 0 Å². The van der Waals surface area contributed by atoms with E-state index in [1.54, 1.807) is 13.3 Å². The van der Waals surface area contributed by atoms with E-state index in [0.29, 0.717) is 6.61 Å². The Morgan fingerprint density at radius 1 is 1.56 bits per heavy atom. The van der Waals surface area contributed by atoms with E-state index in [4.69, 9.17) is 10.6 Å². The number of nitrogens with zero attached hydrogens (tertiary/aromatic N) is 1. The van der Waals surface area contributed by atoms with E-state index in [9.17, 15) is 4.39 Å². The van der Waals surface area contributed by atoms with E-state index >= 15 is 0 Å². The van der Waals surface area contributed by atoms with Gasteiger partial charge in [0.25, 0.3) is 0 Å². The lowest BCUT2D eigenvalue weighted by molar-refractivity contribution is 0.170. The van der Waals surface area contributed by atoms with Crippen molar-refractivity contribution in [3.05, 3.63) is 29.8 Å². The molecule has 1 aromatic heterocycles. The Bertz CT molecular complexity index is 322. The van der Waals surface area contributed by atoms with Gasteiger partial charge in [-0.1, -0.05) is 6.92 Å². The molecule has 4 nitrogen and oxygen atoms in total. The van der Waals surface area contributed by atoms with Crippen LogP contribution in [-0.4, -0.2) is 18.7 Å². The molecule has 0 radical (unpaired) electrons. The van der Waals surface area contributed by atoms with Crippen molar-refractivity contribution >= 4 is 0 Å². The number of ether oxygens (including phenoxy) is 1. The molecule has 16 heavy (non-hydrogen) atoms. The van der Waals surface area contributed by atoms with E-state index in [0.717, 1.165) is 12.0 Å². The predicted molar refractivity (Wildman–Crippen MR) is 59.9 cm³/mol. The first kappa shape index (κ1) is 13.0. The first-order valence-corrected chi connectivity index (χ1v) is 5.24. The number of pyridine rings is 1. The minimum Gasteiger partial charge on any atom is -0.385 e. The van der Waals surface area contributed by atoms with E-state index in [1.807, 2.05) is 6.92 Å². The van der Waals surface area contributed by atoms with E-state index < -0.39 is 0 Å². The maximum absolute atomic E-state index is 13.0. The van der Waals surface area contributed by atoms with Crippen molar-refractivity contribution in [2.45, 2.75) is 19.4 Å². The second-order valence-corrected chi connectivity index (χ2v) is 3.84. The lowest BCUT2D eigenvalue weighted by Gasteiger charge is -2.23. The molecule has 2 atom stereocenters. The van der Waals surface area contributed by atoms with Crippen LogP contribution < -0.4 is 11.3 Å². The summed E-state index contributed by atoms with van der Waals surface area (Å²) >= 11 is 0. The molecule has 5 heteroatoms. The molecule has 0 aliphatic heterocycles. The molecule has 3 N–H and O–H groups in total. The molecular formula is C11H18FN3O. The van der Waals surface area contributed by atoms with Gasteiger partial charge in [0.2, 0.25) is 0 Å². The molecule has 0 fully saturated rings. The van der Waals surface area contributed by atoms with Crippen molar-refractivity contribution < 1.29 is 9.13 Å². The van der Waals surface area contributed by atoms with Crippen molar-refractivity contribution in [2.75, 3.05) is 13.7 Å². The van der Waals surface area contributed by atoms with E-state index in [2.05, 4.69) is 10.4 Å². The van der Waals surface area contributed by atoms with Crippen molar-refractivity contribution in [3.63, 3.8) is 0 Å². The highest BCUT2D eigenvalue weighted by molar-refractivity contribution is 5.15. The van der Waals surface area contributed by atoms with Gasteiger partial charge in [0.15, 0.2) is 0 Å². The van der Waals surface area contributed by atoms with Crippen LogP contribution in [0.25, 0.3) is 0 Å². The molecule has 0 amide bonds. The Hall–Kier alpha value is -1.04. The van der Waals surface area contributed by atoms with Crippen LogP contribution in [0.2, 0.25) is 0 Å². The molecule has 90 valence electrons. The Morgan fingerprint density at radius 2 is 2.31 bits per heavy atom. The topological polar surface area (TPSA) is 60.2 Å². The average molecular weight is 227 g/mol. The fourth-order valence-electron chi connectivity index (χ4n) is 1.66. The summed E-state index contributed by atoms with van der Waals surface area (Å²) in [5.41, 5.74) is 3.45. The summed E-state index contributed by atoms with van der Waals surface area (Å²) in [6, 6.07) is 1.33. The number of rotatable bonds is 6. The molecule has 0 saturated carbocycles. The number of hydrazine groups is 1. The first-order chi connectivity index (χ1) is 7.69. The van der Waals surface area contributed by atoms with Gasteiger partial charge in [-0.15, -0.1) is 0 Å². The highest BCUT2D eigenvalue weighted by Crippen LogP contribution is 2.23. The number of aromatic nitrogens is 1. The molecule has 1 heterocycles. The molecule has 0 spiro atoms. The molecule has 0 aliphatic rings. The molecule has 0 saturated heterocycles. The van der Waals surface area contributed by atoms with Crippen LogP contribution in [0.5, 0.6) is 0 Å². The quantitative estimate of drug-likeness (QED) is 0.569. The fourth-order valence-corrected chi connectivity index (χ4v) is 1.66. The van der Waals surface area contributed by atoms with Crippen molar-refractivity contribution in [1.82, 2.24) is 10.4 Å². The zero-order valence-electron chi connectivity index (χ0n) is 9.61. The van der Waals surface area contributed by atoms with Crippen molar-refractivity contribution in [2.24, 2.45) is 11.8 Å². The normalized spacial score (nSPS) is 14.8. The second-order valence-electron chi connectivity index (χ2n) is 3.84. The van der Waals surface area contributed by atoms with Gasteiger partial charge >= 0.3 is 0 Å². The van der Waals surface area contributed by atoms with Gasteiger partial charge in [-0.3, -0.25) is 16.3 Å². The summed E-state index contributed by atoms with van der Waals surface area (Å²) in [6.45, 7) is 2.69. The minimum absolute atomic E-state index is 0.113. The highest BCUT2D eigenvalue weighted by Gasteiger charge is 2.18. The summed E-state index contributed by atoms with van der Waals surface area (Å²) in [5.74, 6) is 5.38. The second kappa shape index (κ2) is 6.52. The standard InChI is InChI=1S/C11H18FN3O/c1-8(3-4-16-2)11(15-13)9-5-10(12)7-14-6-9/h5-8,11,15H,3-4,13H2,1-2H3. The fraction of sp³-hybridized carbons (Fsp3) is 0.545. The molecule has 0 aliphatic carbocycles. The summed E-state index contributed by atoms with van der Waals surface area (Å²) in [6.07, 6.45) is 3.65. The van der Waals surface area contributed by atoms with Gasteiger partial charge in [-0.25, -0.2) is 4.39 Å². The number of nitrogens with one attached hydrogen (secondary N) is 1. The Balaban J connectivity index is 2.73. The van der Waals surface area contributed by atoms with Crippen LogP contribution >= 0.6 is 0 Å². The monoisotopic (exact) mass is 227 g/mol. The minimum atomic E-state index is -0.350. The van der Waals surface area contributed by atoms with Gasteiger partial charge in [-0.05, 0) is 24.0 Å². The molecule has 1 aromatic rings.